The lowest BCUT2D eigenvalue weighted by molar-refractivity contribution is -0.144. The van der Waals surface area contributed by atoms with Gasteiger partial charge in [-0.15, -0.1) is 0 Å². The number of carbonyl (C=O) groups is 2. The van der Waals surface area contributed by atoms with E-state index in [0.717, 1.165) is 24.3 Å². The summed E-state index contributed by atoms with van der Waals surface area (Å²) in [6.07, 6.45) is -1.01. The average molecular weight is 328 g/mol. The fraction of sp³-hybridized carbons (Fsp3) is 0.0667. The van der Waals surface area contributed by atoms with Crippen molar-refractivity contribution in [2.24, 2.45) is 0 Å². The van der Waals surface area contributed by atoms with Gasteiger partial charge in [-0.3, -0.25) is 9.59 Å². The van der Waals surface area contributed by atoms with Gasteiger partial charge in [0.1, 0.15) is 18.1 Å². The van der Waals surface area contributed by atoms with E-state index in [1.165, 1.54) is 0 Å². The molecule has 0 radical (unpaired) electrons. The van der Waals surface area contributed by atoms with Gasteiger partial charge in [0.05, 0.1) is 0 Å². The van der Waals surface area contributed by atoms with Crippen LogP contribution < -0.4 is 9.47 Å². The smallest absolute Gasteiger partial charge is 0.322 e. The topological polar surface area (TPSA) is 52.6 Å². The van der Waals surface area contributed by atoms with Crippen molar-refractivity contribution >= 4 is 11.9 Å². The van der Waals surface area contributed by atoms with Gasteiger partial charge in [0.15, 0.2) is 23.1 Å². The number of rotatable bonds is 4. The minimum atomic E-state index is -1.25. The minimum absolute atomic E-state index is 0.616. The predicted molar refractivity (Wildman–Crippen MR) is 68.6 cm³/mol. The van der Waals surface area contributed by atoms with Crippen LogP contribution in [0.5, 0.6) is 11.5 Å². The molecule has 0 unspecified atom stereocenters. The van der Waals surface area contributed by atoms with Gasteiger partial charge in [-0.05, 0) is 24.3 Å². The van der Waals surface area contributed by atoms with Crippen LogP contribution in [0.25, 0.3) is 0 Å². The van der Waals surface area contributed by atoms with Crippen LogP contribution in [0, 0.1) is 23.3 Å². The SMILES string of the molecule is O=C(CC(=O)Oc1cc(F)ccc1F)Oc1cc(F)ccc1F. The third-order valence-corrected chi connectivity index (χ3v) is 2.52. The summed E-state index contributed by atoms with van der Waals surface area (Å²) >= 11 is 0. The molecule has 0 amide bonds. The molecule has 0 aliphatic heterocycles. The summed E-state index contributed by atoms with van der Waals surface area (Å²) < 4.78 is 61.3. The van der Waals surface area contributed by atoms with E-state index < -0.39 is 53.1 Å². The molecule has 4 nitrogen and oxygen atoms in total. The third-order valence-electron chi connectivity index (χ3n) is 2.52. The summed E-state index contributed by atoms with van der Waals surface area (Å²) in [4.78, 5) is 22.9. The Bertz CT molecular complexity index is 698. The number of carbonyl (C=O) groups excluding carboxylic acids is 2. The molecule has 0 heterocycles. The molecule has 120 valence electrons. The molecule has 0 aliphatic rings. The number of halogens is 4. The Morgan fingerprint density at radius 1 is 0.739 bits per heavy atom. The lowest BCUT2D eigenvalue weighted by Crippen LogP contribution is -2.19. The number of hydrogen-bond donors (Lipinski definition) is 0. The Hall–Kier alpha value is -2.90. The quantitative estimate of drug-likeness (QED) is 0.374. The summed E-state index contributed by atoms with van der Waals surface area (Å²) in [5, 5.41) is 0. The number of esters is 2. The molecule has 2 rings (SSSR count). The Morgan fingerprint density at radius 2 is 1.13 bits per heavy atom. The molecule has 0 bridgehead atoms. The summed E-state index contributed by atoms with van der Waals surface area (Å²) in [7, 11) is 0. The van der Waals surface area contributed by atoms with E-state index in [9.17, 15) is 27.2 Å². The highest BCUT2D eigenvalue weighted by Crippen LogP contribution is 2.20. The van der Waals surface area contributed by atoms with Crippen molar-refractivity contribution in [2.45, 2.75) is 6.42 Å². The van der Waals surface area contributed by atoms with Gasteiger partial charge in [-0.2, -0.15) is 0 Å². The molecule has 23 heavy (non-hydrogen) atoms. The van der Waals surface area contributed by atoms with Gasteiger partial charge in [-0.25, -0.2) is 17.6 Å². The summed E-state index contributed by atoms with van der Waals surface area (Å²) in [6.45, 7) is 0. The highest BCUT2D eigenvalue weighted by atomic mass is 19.1. The zero-order valence-electron chi connectivity index (χ0n) is 11.3. The van der Waals surface area contributed by atoms with Crippen molar-refractivity contribution in [1.29, 1.82) is 0 Å². The van der Waals surface area contributed by atoms with Crippen LogP contribution in [0.2, 0.25) is 0 Å². The van der Waals surface area contributed by atoms with Gasteiger partial charge < -0.3 is 9.47 Å². The first-order valence-corrected chi connectivity index (χ1v) is 6.16. The molecular formula is C15H8F4O4. The monoisotopic (exact) mass is 328 g/mol. The maximum absolute atomic E-state index is 13.3. The van der Waals surface area contributed by atoms with Crippen LogP contribution in [0.1, 0.15) is 6.42 Å². The van der Waals surface area contributed by atoms with Crippen molar-refractivity contribution in [1.82, 2.24) is 0 Å². The third kappa shape index (κ3) is 4.53. The van der Waals surface area contributed by atoms with Crippen molar-refractivity contribution in [3.63, 3.8) is 0 Å². The summed E-state index contributed by atoms with van der Waals surface area (Å²) in [6, 6.07) is 4.33. The first kappa shape index (κ1) is 16.5. The van der Waals surface area contributed by atoms with Crippen LogP contribution >= 0.6 is 0 Å². The largest absolute Gasteiger partial charge is 0.423 e. The molecule has 8 heteroatoms. The highest BCUT2D eigenvalue weighted by Gasteiger charge is 2.18. The molecule has 0 aromatic heterocycles. The van der Waals surface area contributed by atoms with E-state index in [1.807, 2.05) is 0 Å². The van der Waals surface area contributed by atoms with Crippen LogP contribution in [0.3, 0.4) is 0 Å². The second-order valence-electron chi connectivity index (χ2n) is 4.27. The molecule has 0 saturated heterocycles. The number of benzene rings is 2. The maximum atomic E-state index is 13.3. The van der Waals surface area contributed by atoms with Gasteiger partial charge in [0.25, 0.3) is 0 Å². The zero-order chi connectivity index (χ0) is 17.0. The van der Waals surface area contributed by atoms with Gasteiger partial charge >= 0.3 is 11.9 Å². The molecule has 2 aromatic carbocycles. The number of ether oxygens (including phenoxy) is 2. The maximum Gasteiger partial charge on any atom is 0.322 e. The van der Waals surface area contributed by atoms with Crippen molar-refractivity contribution in [3.05, 3.63) is 59.7 Å². The Labute approximate surface area is 127 Å². The second-order valence-corrected chi connectivity index (χ2v) is 4.27. The molecule has 0 N–H and O–H groups in total. The van der Waals surface area contributed by atoms with Gasteiger partial charge in [0.2, 0.25) is 0 Å². The zero-order valence-corrected chi connectivity index (χ0v) is 11.3. The minimum Gasteiger partial charge on any atom is -0.423 e. The first-order valence-electron chi connectivity index (χ1n) is 6.16. The Morgan fingerprint density at radius 3 is 1.52 bits per heavy atom. The molecule has 0 atom stereocenters. The molecule has 0 fully saturated rings. The van der Waals surface area contributed by atoms with E-state index in [1.54, 1.807) is 0 Å². The molecule has 0 aliphatic carbocycles. The summed E-state index contributed by atoms with van der Waals surface area (Å²) in [5.41, 5.74) is 0. The van der Waals surface area contributed by atoms with Crippen molar-refractivity contribution in [3.8, 4) is 11.5 Å². The molecular weight excluding hydrogens is 320 g/mol. The van der Waals surface area contributed by atoms with Gasteiger partial charge in [0, 0.05) is 12.1 Å². The molecule has 0 spiro atoms. The fourth-order valence-corrected chi connectivity index (χ4v) is 1.55. The van der Waals surface area contributed by atoms with Gasteiger partial charge in [-0.1, -0.05) is 0 Å². The van der Waals surface area contributed by atoms with E-state index in [2.05, 4.69) is 9.47 Å². The average Bonchev–Trinajstić information content (AvgIpc) is 2.46. The highest BCUT2D eigenvalue weighted by molar-refractivity contribution is 5.93. The Balaban J connectivity index is 1.98. The standard InChI is InChI=1S/C15H8F4O4/c16-8-1-3-10(18)12(5-8)22-14(20)7-15(21)23-13-6-9(17)2-4-11(13)19/h1-6H,7H2. The lowest BCUT2D eigenvalue weighted by Gasteiger charge is -2.07. The van der Waals surface area contributed by atoms with Crippen molar-refractivity contribution in [2.75, 3.05) is 0 Å². The van der Waals surface area contributed by atoms with E-state index in [0.29, 0.717) is 12.1 Å². The van der Waals surface area contributed by atoms with E-state index in [4.69, 9.17) is 0 Å². The normalized spacial score (nSPS) is 10.3. The number of hydrogen-bond acceptors (Lipinski definition) is 4. The van der Waals surface area contributed by atoms with Crippen molar-refractivity contribution < 1.29 is 36.6 Å². The lowest BCUT2D eigenvalue weighted by atomic mass is 10.3. The Kier molecular flexibility index (Phi) is 4.95. The molecule has 0 saturated carbocycles. The van der Waals surface area contributed by atoms with Crippen LogP contribution in [-0.4, -0.2) is 11.9 Å². The molecule has 2 aromatic rings. The van der Waals surface area contributed by atoms with E-state index in [-0.39, 0.29) is 0 Å². The predicted octanol–water partition coefficient (Wildman–Crippen LogP) is 3.14. The first-order chi connectivity index (χ1) is 10.8. The fourth-order valence-electron chi connectivity index (χ4n) is 1.55. The van der Waals surface area contributed by atoms with E-state index >= 15 is 0 Å². The van der Waals surface area contributed by atoms with Crippen LogP contribution in [-0.2, 0) is 9.59 Å². The summed E-state index contributed by atoms with van der Waals surface area (Å²) in [5.74, 6) is -7.64. The second kappa shape index (κ2) is 6.91. The van der Waals surface area contributed by atoms with Crippen LogP contribution in [0.4, 0.5) is 17.6 Å². The van der Waals surface area contributed by atoms with Crippen LogP contribution in [0.15, 0.2) is 36.4 Å².